The van der Waals surface area contributed by atoms with Crippen LogP contribution in [0.1, 0.15) is 11.3 Å². The summed E-state index contributed by atoms with van der Waals surface area (Å²) in [6.07, 6.45) is 0. The Morgan fingerprint density at radius 1 is 1.17 bits per heavy atom. The number of aromatic nitrogens is 1. The first-order valence-electron chi connectivity index (χ1n) is 4.11. The number of para-hydroxylation sites is 1. The Bertz CT molecular complexity index is 430. The van der Waals surface area contributed by atoms with Crippen LogP contribution < -0.4 is 0 Å². The van der Waals surface area contributed by atoms with E-state index in [4.69, 9.17) is 4.74 Å². The number of hydrogen-bond acceptors (Lipinski definition) is 1. The molecule has 0 amide bonds. The Labute approximate surface area is 70.2 Å². The zero-order chi connectivity index (χ0) is 7.97. The molecule has 0 radical (unpaired) electrons. The van der Waals surface area contributed by atoms with Gasteiger partial charge < -0.3 is 9.72 Å². The number of fused-ring (bicyclic) bond motifs is 3. The van der Waals surface area contributed by atoms with Gasteiger partial charge in [0.05, 0.1) is 13.2 Å². The molecule has 0 spiro atoms. The van der Waals surface area contributed by atoms with E-state index in [0.717, 1.165) is 13.2 Å². The molecule has 1 aliphatic heterocycles. The van der Waals surface area contributed by atoms with Crippen molar-refractivity contribution < 1.29 is 4.74 Å². The van der Waals surface area contributed by atoms with Crippen molar-refractivity contribution >= 4 is 10.9 Å². The van der Waals surface area contributed by atoms with Crippen LogP contribution in [0, 0.1) is 0 Å². The van der Waals surface area contributed by atoms with Crippen LogP contribution in [0.2, 0.25) is 0 Å². The second kappa shape index (κ2) is 2.11. The molecule has 0 atom stereocenters. The molecule has 0 saturated heterocycles. The molecule has 2 heteroatoms. The number of hydrogen-bond donors (Lipinski definition) is 1. The Morgan fingerprint density at radius 3 is 3.08 bits per heavy atom. The number of rotatable bonds is 0. The molecule has 0 fully saturated rings. The summed E-state index contributed by atoms with van der Waals surface area (Å²) in [4.78, 5) is 3.35. The quantitative estimate of drug-likeness (QED) is 0.626. The second-order valence-corrected chi connectivity index (χ2v) is 3.12. The van der Waals surface area contributed by atoms with Gasteiger partial charge in [-0.05, 0) is 6.07 Å². The summed E-state index contributed by atoms with van der Waals surface area (Å²) in [5.41, 5.74) is 3.81. The second-order valence-electron chi connectivity index (χ2n) is 3.12. The van der Waals surface area contributed by atoms with Crippen molar-refractivity contribution in [2.24, 2.45) is 0 Å². The zero-order valence-corrected chi connectivity index (χ0v) is 6.63. The lowest BCUT2D eigenvalue weighted by atomic mass is 10.2. The van der Waals surface area contributed by atoms with Gasteiger partial charge in [-0.2, -0.15) is 0 Å². The number of benzene rings is 1. The molecule has 0 aliphatic carbocycles. The zero-order valence-electron chi connectivity index (χ0n) is 6.63. The Hall–Kier alpha value is -1.28. The van der Waals surface area contributed by atoms with E-state index in [2.05, 4.69) is 29.2 Å². The Morgan fingerprint density at radius 2 is 2.08 bits per heavy atom. The third kappa shape index (κ3) is 0.676. The van der Waals surface area contributed by atoms with Gasteiger partial charge in [-0.1, -0.05) is 18.2 Å². The minimum Gasteiger partial charge on any atom is -0.370 e. The maximum atomic E-state index is 5.33. The summed E-state index contributed by atoms with van der Waals surface area (Å²) in [5.74, 6) is 0. The van der Waals surface area contributed by atoms with Gasteiger partial charge in [0, 0.05) is 22.2 Å². The summed E-state index contributed by atoms with van der Waals surface area (Å²) in [6.45, 7) is 1.50. The average Bonchev–Trinajstić information content (AvgIpc) is 2.62. The SMILES string of the molecule is c1ccc2c3c([nH]c2c1)COC3. The van der Waals surface area contributed by atoms with Gasteiger partial charge in [-0.25, -0.2) is 0 Å². The predicted molar refractivity (Wildman–Crippen MR) is 46.8 cm³/mol. The van der Waals surface area contributed by atoms with Crippen LogP contribution in [0.4, 0.5) is 0 Å². The third-order valence-corrected chi connectivity index (χ3v) is 2.39. The maximum Gasteiger partial charge on any atom is 0.0874 e. The summed E-state index contributed by atoms with van der Waals surface area (Å²) in [5, 5.41) is 1.31. The summed E-state index contributed by atoms with van der Waals surface area (Å²) in [6, 6.07) is 8.36. The molecule has 1 aliphatic rings. The van der Waals surface area contributed by atoms with E-state index in [1.807, 2.05) is 0 Å². The molecule has 0 unspecified atom stereocenters. The fraction of sp³-hybridized carbons (Fsp3) is 0.200. The number of ether oxygens (including phenoxy) is 1. The van der Waals surface area contributed by atoms with Crippen LogP contribution in [0.25, 0.3) is 10.9 Å². The molecule has 0 bridgehead atoms. The van der Waals surface area contributed by atoms with E-state index in [0.29, 0.717) is 0 Å². The lowest BCUT2D eigenvalue weighted by Crippen LogP contribution is -1.79. The Kier molecular flexibility index (Phi) is 1.10. The van der Waals surface area contributed by atoms with Crippen molar-refractivity contribution in [3.05, 3.63) is 35.5 Å². The molecule has 1 aromatic heterocycles. The maximum absolute atomic E-state index is 5.33. The van der Waals surface area contributed by atoms with Crippen LogP contribution in [0.3, 0.4) is 0 Å². The van der Waals surface area contributed by atoms with Gasteiger partial charge in [0.1, 0.15) is 0 Å². The fourth-order valence-electron chi connectivity index (χ4n) is 1.80. The van der Waals surface area contributed by atoms with Gasteiger partial charge in [-0.15, -0.1) is 0 Å². The van der Waals surface area contributed by atoms with E-state index in [9.17, 15) is 0 Å². The van der Waals surface area contributed by atoms with E-state index in [1.165, 1.54) is 22.2 Å². The molecule has 2 aromatic rings. The lowest BCUT2D eigenvalue weighted by molar-refractivity contribution is 0.133. The van der Waals surface area contributed by atoms with Crippen LogP contribution >= 0.6 is 0 Å². The highest BCUT2D eigenvalue weighted by atomic mass is 16.5. The summed E-state index contributed by atoms with van der Waals surface area (Å²) < 4.78 is 5.33. The number of nitrogens with one attached hydrogen (secondary N) is 1. The van der Waals surface area contributed by atoms with Crippen LogP contribution in [-0.2, 0) is 18.0 Å². The van der Waals surface area contributed by atoms with Crippen molar-refractivity contribution in [3.63, 3.8) is 0 Å². The summed E-state index contributed by atoms with van der Waals surface area (Å²) in [7, 11) is 0. The monoisotopic (exact) mass is 159 g/mol. The standard InChI is InChI=1S/C10H9NO/c1-2-4-9-7(3-1)8-5-12-6-10(8)11-9/h1-4,11H,5-6H2. The van der Waals surface area contributed by atoms with Crippen molar-refractivity contribution in [3.8, 4) is 0 Å². The Balaban J connectivity index is 2.44. The van der Waals surface area contributed by atoms with Gasteiger partial charge >= 0.3 is 0 Å². The molecule has 3 rings (SSSR count). The number of aromatic amines is 1. The van der Waals surface area contributed by atoms with E-state index in [1.54, 1.807) is 0 Å². The minimum absolute atomic E-state index is 0.740. The molecule has 2 nitrogen and oxygen atoms in total. The fourth-order valence-corrected chi connectivity index (χ4v) is 1.80. The predicted octanol–water partition coefficient (Wildman–Crippen LogP) is 2.20. The van der Waals surface area contributed by atoms with Gasteiger partial charge in [0.25, 0.3) is 0 Å². The molecule has 12 heavy (non-hydrogen) atoms. The summed E-state index contributed by atoms with van der Waals surface area (Å²) >= 11 is 0. The first kappa shape index (κ1) is 6.26. The molecular formula is C10H9NO. The normalized spacial score (nSPS) is 15.3. The molecular weight excluding hydrogens is 150 g/mol. The molecule has 60 valence electrons. The lowest BCUT2D eigenvalue weighted by Gasteiger charge is -1.91. The van der Waals surface area contributed by atoms with Gasteiger partial charge in [0.15, 0.2) is 0 Å². The van der Waals surface area contributed by atoms with Gasteiger partial charge in [-0.3, -0.25) is 0 Å². The van der Waals surface area contributed by atoms with E-state index >= 15 is 0 Å². The van der Waals surface area contributed by atoms with Crippen molar-refractivity contribution in [1.29, 1.82) is 0 Å². The van der Waals surface area contributed by atoms with Gasteiger partial charge in [0.2, 0.25) is 0 Å². The highest BCUT2D eigenvalue weighted by Crippen LogP contribution is 2.27. The van der Waals surface area contributed by atoms with Crippen LogP contribution in [0.5, 0.6) is 0 Å². The van der Waals surface area contributed by atoms with Crippen LogP contribution in [0.15, 0.2) is 24.3 Å². The van der Waals surface area contributed by atoms with E-state index < -0.39 is 0 Å². The highest BCUT2D eigenvalue weighted by Gasteiger charge is 2.16. The molecule has 1 aromatic carbocycles. The average molecular weight is 159 g/mol. The molecule has 2 heterocycles. The van der Waals surface area contributed by atoms with E-state index in [-0.39, 0.29) is 0 Å². The largest absolute Gasteiger partial charge is 0.370 e. The first-order chi connectivity index (χ1) is 5.95. The van der Waals surface area contributed by atoms with Crippen molar-refractivity contribution in [1.82, 2.24) is 4.98 Å². The van der Waals surface area contributed by atoms with Crippen molar-refractivity contribution in [2.45, 2.75) is 13.2 Å². The topological polar surface area (TPSA) is 25.0 Å². The third-order valence-electron chi connectivity index (χ3n) is 2.39. The van der Waals surface area contributed by atoms with Crippen LogP contribution in [-0.4, -0.2) is 4.98 Å². The highest BCUT2D eigenvalue weighted by molar-refractivity contribution is 5.84. The smallest absolute Gasteiger partial charge is 0.0874 e. The van der Waals surface area contributed by atoms with Crippen molar-refractivity contribution in [2.75, 3.05) is 0 Å². The number of H-pyrrole nitrogens is 1. The minimum atomic E-state index is 0.740. The molecule has 0 saturated carbocycles. The first-order valence-corrected chi connectivity index (χ1v) is 4.11. The molecule has 1 N–H and O–H groups in total.